The molecule has 0 amide bonds. The number of hydrogen-bond donors (Lipinski definition) is 1. The third-order valence-corrected chi connectivity index (χ3v) is 10.1. The molecule has 6 rings (SSSR count). The van der Waals surface area contributed by atoms with Gasteiger partial charge in [0.25, 0.3) is 0 Å². The zero-order valence-electron chi connectivity index (χ0n) is 21.0. The van der Waals surface area contributed by atoms with Crippen LogP contribution in [0, 0.1) is 28.6 Å². The largest absolute Gasteiger partial charge is 0.497 e. The van der Waals surface area contributed by atoms with E-state index in [-0.39, 0.29) is 16.9 Å². The summed E-state index contributed by atoms with van der Waals surface area (Å²) in [5.41, 5.74) is 5.46. The van der Waals surface area contributed by atoms with Crippen LogP contribution >= 0.6 is 0 Å². The summed E-state index contributed by atoms with van der Waals surface area (Å²) in [4.78, 5) is 12.1. The molecule has 184 valence electrons. The van der Waals surface area contributed by atoms with Crippen molar-refractivity contribution >= 4 is 11.9 Å². The topological polar surface area (TPSA) is 64.3 Å². The molecule has 0 unspecified atom stereocenters. The number of allylic oxidation sites excluding steroid dienone is 3. The molecule has 5 nitrogen and oxygen atoms in total. The zero-order valence-corrected chi connectivity index (χ0v) is 21.0. The van der Waals surface area contributed by atoms with Gasteiger partial charge in [-0.15, -0.1) is 0 Å². The molecule has 0 spiro atoms. The highest BCUT2D eigenvalue weighted by molar-refractivity contribution is 5.86. The molecule has 6 atom stereocenters. The maximum absolute atomic E-state index is 12.1. The van der Waals surface area contributed by atoms with Gasteiger partial charge in [-0.3, -0.25) is 4.79 Å². The zero-order chi connectivity index (χ0) is 24.4. The molecule has 1 aromatic carbocycles. The van der Waals surface area contributed by atoms with E-state index in [1.54, 1.807) is 7.11 Å². The van der Waals surface area contributed by atoms with E-state index in [2.05, 4.69) is 26.0 Å². The summed E-state index contributed by atoms with van der Waals surface area (Å²) in [6.07, 6.45) is 14.9. The van der Waals surface area contributed by atoms with Crippen LogP contribution in [-0.2, 0) is 0 Å². The molecule has 0 radical (unpaired) electrons. The minimum atomic E-state index is -0.165. The van der Waals surface area contributed by atoms with Crippen LogP contribution < -0.4 is 4.74 Å². The molecule has 5 heteroatoms. The van der Waals surface area contributed by atoms with Crippen molar-refractivity contribution < 1.29 is 14.6 Å². The molecule has 1 aromatic heterocycles. The molecule has 0 bridgehead atoms. The van der Waals surface area contributed by atoms with Crippen LogP contribution in [0.1, 0.15) is 74.8 Å². The van der Waals surface area contributed by atoms with E-state index >= 15 is 0 Å². The van der Waals surface area contributed by atoms with E-state index in [0.717, 1.165) is 61.9 Å². The standard InChI is InChI=1S/C30H36N2O3/c1-29-14-12-22(34)16-20(29)4-9-24-25-10-11-27(30(25,2)15-13-26(24)29)28-19(18-33)17-32(31-28)21-5-7-23(35-3)8-6-21/h4-8,11,17-18,22,24-26,34H,9-10,12-16H2,1-3H3/t22-,24-,25-,26-,29-,30-/m0/s1. The number of aldehydes is 1. The maximum atomic E-state index is 12.1. The molecule has 2 aromatic rings. The van der Waals surface area contributed by atoms with Crippen LogP contribution in [0.15, 0.2) is 48.2 Å². The van der Waals surface area contributed by atoms with Crippen molar-refractivity contribution in [3.8, 4) is 11.4 Å². The molecule has 0 aliphatic heterocycles. The lowest BCUT2D eigenvalue weighted by Gasteiger charge is -2.57. The summed E-state index contributed by atoms with van der Waals surface area (Å²) >= 11 is 0. The first kappa shape index (κ1) is 22.8. The van der Waals surface area contributed by atoms with Gasteiger partial charge >= 0.3 is 0 Å². The Hall–Kier alpha value is -2.66. The van der Waals surface area contributed by atoms with E-state index < -0.39 is 0 Å². The van der Waals surface area contributed by atoms with E-state index in [1.807, 2.05) is 35.1 Å². The second-order valence-electron chi connectivity index (χ2n) is 11.7. The Morgan fingerprint density at radius 2 is 1.83 bits per heavy atom. The van der Waals surface area contributed by atoms with E-state index in [0.29, 0.717) is 23.3 Å². The van der Waals surface area contributed by atoms with Crippen molar-refractivity contribution in [1.82, 2.24) is 9.78 Å². The first-order valence-electron chi connectivity index (χ1n) is 13.2. The van der Waals surface area contributed by atoms with Crippen molar-refractivity contribution in [3.63, 3.8) is 0 Å². The number of rotatable bonds is 4. The van der Waals surface area contributed by atoms with Gasteiger partial charge in [0.2, 0.25) is 0 Å². The molecule has 1 heterocycles. The van der Waals surface area contributed by atoms with Crippen LogP contribution in [0.25, 0.3) is 11.3 Å². The SMILES string of the molecule is COc1ccc(-n2cc(C=O)c(C3=CC[C@H]4[C@@H]5CC=C6C[C@@H](O)CC[C@]6(C)[C@H]5CC[C@]34C)n2)cc1. The van der Waals surface area contributed by atoms with Crippen LogP contribution in [0.4, 0.5) is 0 Å². The summed E-state index contributed by atoms with van der Waals surface area (Å²) in [6, 6.07) is 7.77. The molecular formula is C30H36N2O3. The highest BCUT2D eigenvalue weighted by Gasteiger charge is 2.57. The molecule has 2 saturated carbocycles. The van der Waals surface area contributed by atoms with Crippen LogP contribution in [0.5, 0.6) is 5.75 Å². The van der Waals surface area contributed by atoms with Crippen molar-refractivity contribution in [2.75, 3.05) is 7.11 Å². The number of aliphatic hydroxyl groups is 1. The Morgan fingerprint density at radius 3 is 2.57 bits per heavy atom. The van der Waals surface area contributed by atoms with Gasteiger partial charge in [0.15, 0.2) is 6.29 Å². The first-order chi connectivity index (χ1) is 16.9. The molecule has 2 fully saturated rings. The molecule has 1 N–H and O–H groups in total. The molecule has 35 heavy (non-hydrogen) atoms. The number of aromatic nitrogens is 2. The maximum Gasteiger partial charge on any atom is 0.153 e. The Balaban J connectivity index is 1.32. The van der Waals surface area contributed by atoms with Gasteiger partial charge in [0.1, 0.15) is 5.75 Å². The predicted molar refractivity (Wildman–Crippen MR) is 137 cm³/mol. The summed E-state index contributed by atoms with van der Waals surface area (Å²) < 4.78 is 7.11. The Kier molecular flexibility index (Phi) is 5.33. The highest BCUT2D eigenvalue weighted by atomic mass is 16.5. The van der Waals surface area contributed by atoms with Gasteiger partial charge < -0.3 is 9.84 Å². The Labute approximate surface area is 207 Å². The van der Waals surface area contributed by atoms with Gasteiger partial charge in [-0.25, -0.2) is 4.68 Å². The number of fused-ring (bicyclic) bond motifs is 5. The fourth-order valence-corrected chi connectivity index (χ4v) is 8.13. The molecule has 0 saturated heterocycles. The predicted octanol–water partition coefficient (Wildman–Crippen LogP) is 6.01. The smallest absolute Gasteiger partial charge is 0.153 e. The van der Waals surface area contributed by atoms with Crippen molar-refractivity contribution in [3.05, 3.63) is 59.4 Å². The number of carbonyl (C=O) groups excluding carboxylic acids is 1. The van der Waals surface area contributed by atoms with Crippen LogP contribution in [-0.4, -0.2) is 34.4 Å². The quantitative estimate of drug-likeness (QED) is 0.437. The third-order valence-electron chi connectivity index (χ3n) is 10.1. The fourth-order valence-electron chi connectivity index (χ4n) is 8.13. The molecule has 4 aliphatic rings. The van der Waals surface area contributed by atoms with E-state index in [1.165, 1.54) is 17.6 Å². The average molecular weight is 473 g/mol. The Morgan fingerprint density at radius 1 is 1.06 bits per heavy atom. The number of hydrogen-bond acceptors (Lipinski definition) is 4. The minimum absolute atomic E-state index is 0.0356. The van der Waals surface area contributed by atoms with Crippen molar-refractivity contribution in [1.29, 1.82) is 0 Å². The summed E-state index contributed by atoms with van der Waals surface area (Å²) in [7, 11) is 1.66. The monoisotopic (exact) mass is 472 g/mol. The van der Waals surface area contributed by atoms with Gasteiger partial charge in [-0.1, -0.05) is 31.6 Å². The van der Waals surface area contributed by atoms with Crippen LogP contribution in [0.3, 0.4) is 0 Å². The number of ether oxygens (including phenoxy) is 1. The van der Waals surface area contributed by atoms with Gasteiger partial charge in [0, 0.05) is 6.20 Å². The van der Waals surface area contributed by atoms with Crippen molar-refractivity contribution in [2.24, 2.45) is 28.6 Å². The van der Waals surface area contributed by atoms with Gasteiger partial charge in [-0.05, 0) is 103 Å². The minimum Gasteiger partial charge on any atom is -0.497 e. The van der Waals surface area contributed by atoms with Crippen molar-refractivity contribution in [2.45, 2.75) is 64.9 Å². The second-order valence-corrected chi connectivity index (χ2v) is 11.7. The van der Waals surface area contributed by atoms with Gasteiger partial charge in [-0.2, -0.15) is 5.10 Å². The summed E-state index contributed by atoms with van der Waals surface area (Å²) in [5.74, 6) is 2.70. The molecular weight excluding hydrogens is 436 g/mol. The average Bonchev–Trinajstić information content (AvgIpc) is 3.45. The normalized spacial score (nSPS) is 35.9. The number of nitrogens with zero attached hydrogens (tertiary/aromatic N) is 2. The molecule has 4 aliphatic carbocycles. The van der Waals surface area contributed by atoms with Gasteiger partial charge in [0.05, 0.1) is 30.2 Å². The number of benzene rings is 1. The third kappa shape index (κ3) is 3.38. The lowest BCUT2D eigenvalue weighted by atomic mass is 9.47. The summed E-state index contributed by atoms with van der Waals surface area (Å²) in [5, 5.41) is 15.2. The highest BCUT2D eigenvalue weighted by Crippen LogP contribution is 2.66. The summed E-state index contributed by atoms with van der Waals surface area (Å²) in [6.45, 7) is 4.88. The first-order valence-corrected chi connectivity index (χ1v) is 13.2. The Bertz CT molecular complexity index is 1210. The van der Waals surface area contributed by atoms with Crippen LogP contribution in [0.2, 0.25) is 0 Å². The second kappa shape index (κ2) is 8.19. The number of carbonyl (C=O) groups is 1. The van der Waals surface area contributed by atoms with E-state index in [4.69, 9.17) is 9.84 Å². The fraction of sp³-hybridized carbons (Fsp3) is 0.533. The van der Waals surface area contributed by atoms with E-state index in [9.17, 15) is 9.90 Å². The number of aliphatic hydroxyl groups excluding tert-OH is 1. The number of methoxy groups -OCH3 is 1. The lowest BCUT2D eigenvalue weighted by Crippen LogP contribution is -2.49. The lowest BCUT2D eigenvalue weighted by molar-refractivity contribution is -0.0238.